The van der Waals surface area contributed by atoms with Gasteiger partial charge in [0, 0.05) is 29.6 Å². The summed E-state index contributed by atoms with van der Waals surface area (Å²) in [5.74, 6) is 0. The molecule has 1 atom stereocenters. The summed E-state index contributed by atoms with van der Waals surface area (Å²) >= 11 is 0. The van der Waals surface area contributed by atoms with Crippen LogP contribution in [0, 0.1) is 0 Å². The predicted octanol–water partition coefficient (Wildman–Crippen LogP) is 2.71. The van der Waals surface area contributed by atoms with Crippen molar-refractivity contribution in [2.75, 3.05) is 0 Å². The molecule has 62 valence electrons. The Hall–Kier alpha value is 0.177. The molecule has 0 fully saturated rings. The maximum absolute atomic E-state index is 2.38. The van der Waals surface area contributed by atoms with Crippen LogP contribution in [-0.2, 0) is 0 Å². The molecule has 1 aliphatic carbocycles. The second-order valence-corrected chi connectivity index (χ2v) is 6.32. The van der Waals surface area contributed by atoms with Gasteiger partial charge in [-0.15, -0.1) is 0 Å². The fourth-order valence-corrected chi connectivity index (χ4v) is 3.12. The van der Waals surface area contributed by atoms with Crippen molar-refractivity contribution >= 4 is 44.4 Å². The van der Waals surface area contributed by atoms with E-state index in [1.54, 1.807) is 0 Å². The summed E-state index contributed by atoms with van der Waals surface area (Å²) in [6, 6.07) is 8.72. The molecule has 1 aromatic carbocycles. The van der Waals surface area contributed by atoms with Gasteiger partial charge in [-0.1, -0.05) is 49.5 Å². The number of rotatable bonds is 1. The van der Waals surface area contributed by atoms with Gasteiger partial charge in [-0.25, -0.2) is 0 Å². The van der Waals surface area contributed by atoms with E-state index >= 15 is 0 Å². The first kappa shape index (κ1) is 11.3. The minimum Gasteiger partial charge on any atom is -0.0794 e. The molecule has 0 amide bonds. The third-order valence-corrected chi connectivity index (χ3v) is 4.17. The Balaban J connectivity index is 0.000000845. The van der Waals surface area contributed by atoms with Crippen LogP contribution < -0.4 is 0 Å². The summed E-state index contributed by atoms with van der Waals surface area (Å²) in [7, 11) is -0.211. The van der Waals surface area contributed by atoms with Gasteiger partial charge in [-0.2, -0.15) is 0 Å². The summed E-state index contributed by atoms with van der Waals surface area (Å²) < 4.78 is 0. The second-order valence-electron chi connectivity index (χ2n) is 3.54. The number of benzene rings is 1. The van der Waals surface area contributed by atoms with Gasteiger partial charge >= 0.3 is 0 Å². The van der Waals surface area contributed by atoms with Crippen LogP contribution in [0.2, 0.25) is 13.1 Å². The SMILES string of the molecule is C[Si](C)C1C=Cc2ccccc21.[Na]. The van der Waals surface area contributed by atoms with Gasteiger partial charge in [0.25, 0.3) is 0 Å². The normalized spacial score (nSPS) is 18.5. The molecule has 2 radical (unpaired) electrons. The maximum Gasteiger partial charge on any atom is 0.0548 e. The van der Waals surface area contributed by atoms with Gasteiger partial charge < -0.3 is 0 Å². The second kappa shape index (κ2) is 4.60. The van der Waals surface area contributed by atoms with Crippen LogP contribution in [0.3, 0.4) is 0 Å². The van der Waals surface area contributed by atoms with Gasteiger partial charge in [-0.05, 0) is 16.7 Å². The molecule has 0 heterocycles. The van der Waals surface area contributed by atoms with Gasteiger partial charge in [0.1, 0.15) is 0 Å². The molecular weight excluding hydrogens is 183 g/mol. The van der Waals surface area contributed by atoms with Crippen molar-refractivity contribution in [1.82, 2.24) is 0 Å². The first-order valence-electron chi connectivity index (χ1n) is 4.36. The Bertz CT molecular complexity index is 318. The molecule has 2 heteroatoms. The monoisotopic (exact) mass is 196 g/mol. The summed E-state index contributed by atoms with van der Waals surface area (Å²) in [6.07, 6.45) is 4.62. The van der Waals surface area contributed by atoms with E-state index in [9.17, 15) is 0 Å². The molecule has 0 aliphatic heterocycles. The van der Waals surface area contributed by atoms with Gasteiger partial charge in [0.05, 0.1) is 8.80 Å². The first-order valence-corrected chi connectivity index (χ1v) is 6.94. The molecule has 0 spiro atoms. The molecule has 1 aliphatic rings. The van der Waals surface area contributed by atoms with E-state index in [0.717, 1.165) is 5.54 Å². The Labute approximate surface area is 104 Å². The van der Waals surface area contributed by atoms with Crippen molar-refractivity contribution in [2.45, 2.75) is 18.6 Å². The molecule has 0 nitrogen and oxygen atoms in total. The van der Waals surface area contributed by atoms with Crippen molar-refractivity contribution in [2.24, 2.45) is 0 Å². The third kappa shape index (κ3) is 2.16. The topological polar surface area (TPSA) is 0 Å². The average molecular weight is 196 g/mol. The molecule has 0 N–H and O–H groups in total. The largest absolute Gasteiger partial charge is 0.0794 e. The van der Waals surface area contributed by atoms with Crippen LogP contribution in [0.15, 0.2) is 30.3 Å². The van der Waals surface area contributed by atoms with Gasteiger partial charge in [-0.3, -0.25) is 0 Å². The number of allylic oxidation sites excluding steroid dienone is 1. The number of hydrogen-bond donors (Lipinski definition) is 0. The zero-order valence-electron chi connectivity index (χ0n) is 8.54. The van der Waals surface area contributed by atoms with Crippen molar-refractivity contribution < 1.29 is 0 Å². The van der Waals surface area contributed by atoms with Crippen LogP contribution >= 0.6 is 0 Å². The maximum atomic E-state index is 2.38. The molecule has 0 aromatic heterocycles. The quantitative estimate of drug-likeness (QED) is 0.606. The molecule has 2 rings (SSSR count). The van der Waals surface area contributed by atoms with E-state index in [1.165, 1.54) is 11.1 Å². The Morgan fingerprint density at radius 1 is 1.15 bits per heavy atom. The van der Waals surface area contributed by atoms with Crippen molar-refractivity contribution in [3.05, 3.63) is 41.5 Å². The minimum atomic E-state index is -0.211. The van der Waals surface area contributed by atoms with E-state index in [0.29, 0.717) is 0 Å². The summed E-state index contributed by atoms with van der Waals surface area (Å²) in [5, 5.41) is 0. The van der Waals surface area contributed by atoms with Gasteiger partial charge in [0.15, 0.2) is 0 Å². The molecule has 0 saturated heterocycles. The number of fused-ring (bicyclic) bond motifs is 1. The van der Waals surface area contributed by atoms with E-state index in [4.69, 9.17) is 0 Å². The van der Waals surface area contributed by atoms with Crippen LogP contribution in [0.25, 0.3) is 6.08 Å². The summed E-state index contributed by atoms with van der Waals surface area (Å²) in [4.78, 5) is 0. The molecular formula is C11H13NaSi. The zero-order chi connectivity index (χ0) is 8.55. The fraction of sp³-hybridized carbons (Fsp3) is 0.273. The first-order chi connectivity index (χ1) is 5.79. The van der Waals surface area contributed by atoms with E-state index < -0.39 is 0 Å². The van der Waals surface area contributed by atoms with Crippen molar-refractivity contribution in [3.63, 3.8) is 0 Å². The molecule has 1 unspecified atom stereocenters. The molecule has 1 aromatic rings. The standard InChI is InChI=1S/C11H13Si.Na/c1-12(2)11-8-7-9-5-3-4-6-10(9)11;/h3-8,11H,1-2H3;. The van der Waals surface area contributed by atoms with Crippen LogP contribution in [-0.4, -0.2) is 38.4 Å². The van der Waals surface area contributed by atoms with E-state index in [1.807, 2.05) is 0 Å². The molecule has 13 heavy (non-hydrogen) atoms. The Morgan fingerprint density at radius 3 is 2.54 bits per heavy atom. The summed E-state index contributed by atoms with van der Waals surface area (Å²) in [6.45, 7) is 4.75. The van der Waals surface area contributed by atoms with Gasteiger partial charge in [0.2, 0.25) is 0 Å². The third-order valence-electron chi connectivity index (χ3n) is 2.42. The van der Waals surface area contributed by atoms with E-state index in [2.05, 4.69) is 49.5 Å². The van der Waals surface area contributed by atoms with Crippen molar-refractivity contribution in [3.8, 4) is 0 Å². The van der Waals surface area contributed by atoms with Crippen molar-refractivity contribution in [1.29, 1.82) is 0 Å². The van der Waals surface area contributed by atoms with Crippen LogP contribution in [0.4, 0.5) is 0 Å². The molecule has 0 bridgehead atoms. The fourth-order valence-electron chi connectivity index (χ4n) is 1.75. The van der Waals surface area contributed by atoms with E-state index in [-0.39, 0.29) is 38.4 Å². The Morgan fingerprint density at radius 2 is 1.85 bits per heavy atom. The Kier molecular flexibility index (Phi) is 3.99. The zero-order valence-corrected chi connectivity index (χ0v) is 11.5. The average Bonchev–Trinajstić information content (AvgIpc) is 2.47. The van der Waals surface area contributed by atoms with Crippen LogP contribution in [0.5, 0.6) is 0 Å². The molecule has 0 saturated carbocycles. The van der Waals surface area contributed by atoms with Crippen LogP contribution in [0.1, 0.15) is 16.7 Å². The summed E-state index contributed by atoms with van der Waals surface area (Å²) in [5.41, 5.74) is 3.70. The minimum absolute atomic E-state index is 0. The number of hydrogen-bond acceptors (Lipinski definition) is 0. The smallest absolute Gasteiger partial charge is 0.0548 e. The predicted molar refractivity (Wildman–Crippen MR) is 61.5 cm³/mol.